The van der Waals surface area contributed by atoms with E-state index in [1.54, 1.807) is 6.07 Å². The SMILES string of the molecule is CCCN(CCC)c1nc(C)cc(C#N)n1. The molecule has 16 heavy (non-hydrogen) atoms. The number of nitrogens with zero attached hydrogens (tertiary/aromatic N) is 4. The van der Waals surface area contributed by atoms with E-state index in [9.17, 15) is 0 Å². The van der Waals surface area contributed by atoms with Crippen LogP contribution in [0.5, 0.6) is 0 Å². The van der Waals surface area contributed by atoms with Crippen LogP contribution < -0.4 is 4.90 Å². The minimum Gasteiger partial charge on any atom is -0.341 e. The Bertz CT molecular complexity index is 375. The molecule has 1 rings (SSSR count). The molecular weight excluding hydrogens is 200 g/mol. The molecule has 0 aliphatic rings. The molecule has 0 fully saturated rings. The average Bonchev–Trinajstić information content (AvgIpc) is 2.28. The molecule has 1 heterocycles. The van der Waals surface area contributed by atoms with Gasteiger partial charge in [0.05, 0.1) is 0 Å². The van der Waals surface area contributed by atoms with Crippen molar-refractivity contribution in [3.63, 3.8) is 0 Å². The van der Waals surface area contributed by atoms with E-state index in [2.05, 4.69) is 34.8 Å². The van der Waals surface area contributed by atoms with Gasteiger partial charge in [0.1, 0.15) is 11.8 Å². The van der Waals surface area contributed by atoms with Crippen LogP contribution in [0.25, 0.3) is 0 Å². The summed E-state index contributed by atoms with van der Waals surface area (Å²) in [4.78, 5) is 10.8. The van der Waals surface area contributed by atoms with E-state index in [0.29, 0.717) is 11.6 Å². The van der Waals surface area contributed by atoms with Crippen LogP contribution in [-0.4, -0.2) is 23.1 Å². The van der Waals surface area contributed by atoms with Gasteiger partial charge in [-0.15, -0.1) is 0 Å². The van der Waals surface area contributed by atoms with Gasteiger partial charge in [-0.1, -0.05) is 13.8 Å². The first-order valence-corrected chi connectivity index (χ1v) is 5.72. The smallest absolute Gasteiger partial charge is 0.226 e. The molecule has 0 aromatic carbocycles. The highest BCUT2D eigenvalue weighted by molar-refractivity contribution is 5.35. The third-order valence-electron chi connectivity index (χ3n) is 2.23. The molecule has 0 aliphatic carbocycles. The largest absolute Gasteiger partial charge is 0.341 e. The number of anilines is 1. The summed E-state index contributed by atoms with van der Waals surface area (Å²) in [6.07, 6.45) is 2.11. The molecule has 0 atom stereocenters. The second-order valence-corrected chi connectivity index (χ2v) is 3.79. The van der Waals surface area contributed by atoms with E-state index in [1.165, 1.54) is 0 Å². The Labute approximate surface area is 96.9 Å². The Morgan fingerprint density at radius 2 is 1.88 bits per heavy atom. The van der Waals surface area contributed by atoms with E-state index < -0.39 is 0 Å². The van der Waals surface area contributed by atoms with Gasteiger partial charge >= 0.3 is 0 Å². The van der Waals surface area contributed by atoms with Crippen LogP contribution in [0.1, 0.15) is 38.1 Å². The summed E-state index contributed by atoms with van der Waals surface area (Å²) in [5.74, 6) is 0.681. The fourth-order valence-corrected chi connectivity index (χ4v) is 1.60. The molecule has 0 unspecified atom stereocenters. The normalized spacial score (nSPS) is 9.88. The number of aryl methyl sites for hydroxylation is 1. The van der Waals surface area contributed by atoms with Crippen LogP contribution >= 0.6 is 0 Å². The van der Waals surface area contributed by atoms with Gasteiger partial charge in [0.2, 0.25) is 5.95 Å². The summed E-state index contributed by atoms with van der Waals surface area (Å²) in [5.41, 5.74) is 1.29. The molecule has 0 amide bonds. The fourth-order valence-electron chi connectivity index (χ4n) is 1.60. The third kappa shape index (κ3) is 3.20. The topological polar surface area (TPSA) is 52.8 Å². The van der Waals surface area contributed by atoms with Crippen molar-refractivity contribution in [2.75, 3.05) is 18.0 Å². The Balaban J connectivity index is 2.99. The number of rotatable bonds is 5. The Kier molecular flexibility index (Phi) is 4.71. The number of nitriles is 1. The van der Waals surface area contributed by atoms with Crippen LogP contribution in [0.15, 0.2) is 6.07 Å². The second-order valence-electron chi connectivity index (χ2n) is 3.79. The summed E-state index contributed by atoms with van der Waals surface area (Å²) in [6, 6.07) is 3.78. The Morgan fingerprint density at radius 3 is 2.38 bits per heavy atom. The zero-order valence-corrected chi connectivity index (χ0v) is 10.2. The summed E-state index contributed by atoms with van der Waals surface area (Å²) < 4.78 is 0. The first kappa shape index (κ1) is 12.4. The van der Waals surface area contributed by atoms with Gasteiger partial charge in [-0.2, -0.15) is 5.26 Å². The van der Waals surface area contributed by atoms with Crippen LogP contribution in [0.4, 0.5) is 5.95 Å². The first-order valence-electron chi connectivity index (χ1n) is 5.72. The van der Waals surface area contributed by atoms with Crippen LogP contribution in [0.2, 0.25) is 0 Å². The Morgan fingerprint density at radius 1 is 1.25 bits per heavy atom. The van der Waals surface area contributed by atoms with Gasteiger partial charge in [-0.05, 0) is 25.8 Å². The quantitative estimate of drug-likeness (QED) is 0.760. The maximum absolute atomic E-state index is 8.87. The van der Waals surface area contributed by atoms with Gasteiger partial charge in [0.25, 0.3) is 0 Å². The molecule has 4 nitrogen and oxygen atoms in total. The van der Waals surface area contributed by atoms with Crippen molar-refractivity contribution in [2.24, 2.45) is 0 Å². The molecule has 1 aromatic heterocycles. The number of hydrogen-bond donors (Lipinski definition) is 0. The monoisotopic (exact) mass is 218 g/mol. The molecule has 86 valence electrons. The Hall–Kier alpha value is -1.63. The van der Waals surface area contributed by atoms with Crippen LogP contribution in [0.3, 0.4) is 0 Å². The maximum Gasteiger partial charge on any atom is 0.226 e. The average molecular weight is 218 g/mol. The van der Waals surface area contributed by atoms with Gasteiger partial charge in [-0.25, -0.2) is 9.97 Å². The molecular formula is C12H18N4. The van der Waals surface area contributed by atoms with E-state index in [-0.39, 0.29) is 0 Å². The molecule has 0 N–H and O–H groups in total. The molecule has 0 spiro atoms. The standard InChI is InChI=1S/C12H18N4/c1-4-6-16(7-5-2)12-14-10(3)8-11(9-13)15-12/h8H,4-7H2,1-3H3. The fraction of sp³-hybridized carbons (Fsp3) is 0.583. The first-order chi connectivity index (χ1) is 7.71. The van der Waals surface area contributed by atoms with E-state index in [4.69, 9.17) is 5.26 Å². The van der Waals surface area contributed by atoms with Gasteiger partial charge in [0, 0.05) is 18.8 Å². The lowest BCUT2D eigenvalue weighted by molar-refractivity contribution is 0.718. The lowest BCUT2D eigenvalue weighted by Gasteiger charge is -2.21. The van der Waals surface area contributed by atoms with Crippen molar-refractivity contribution in [3.05, 3.63) is 17.5 Å². The molecule has 0 radical (unpaired) electrons. The minimum atomic E-state index is 0.444. The number of hydrogen-bond acceptors (Lipinski definition) is 4. The van der Waals surface area contributed by atoms with Crippen molar-refractivity contribution in [1.29, 1.82) is 5.26 Å². The number of aromatic nitrogens is 2. The summed E-state index contributed by atoms with van der Waals surface area (Å²) >= 11 is 0. The van der Waals surface area contributed by atoms with Crippen molar-refractivity contribution >= 4 is 5.95 Å². The van der Waals surface area contributed by atoms with E-state index in [1.807, 2.05) is 6.92 Å². The van der Waals surface area contributed by atoms with Gasteiger partial charge < -0.3 is 4.90 Å². The molecule has 0 saturated carbocycles. The molecule has 1 aromatic rings. The molecule has 0 bridgehead atoms. The van der Waals surface area contributed by atoms with Gasteiger partial charge in [-0.3, -0.25) is 0 Å². The van der Waals surface area contributed by atoms with Crippen molar-refractivity contribution < 1.29 is 0 Å². The van der Waals surface area contributed by atoms with Crippen molar-refractivity contribution in [1.82, 2.24) is 9.97 Å². The van der Waals surface area contributed by atoms with Crippen molar-refractivity contribution in [3.8, 4) is 6.07 Å². The zero-order chi connectivity index (χ0) is 12.0. The highest BCUT2D eigenvalue weighted by Gasteiger charge is 2.09. The predicted molar refractivity (Wildman–Crippen MR) is 64.3 cm³/mol. The molecule has 0 aliphatic heterocycles. The maximum atomic E-state index is 8.87. The lowest BCUT2D eigenvalue weighted by Crippen LogP contribution is -2.27. The third-order valence-corrected chi connectivity index (χ3v) is 2.23. The zero-order valence-electron chi connectivity index (χ0n) is 10.2. The van der Waals surface area contributed by atoms with Crippen LogP contribution in [0, 0.1) is 18.3 Å². The summed E-state index contributed by atoms with van der Waals surface area (Å²) in [7, 11) is 0. The highest BCUT2D eigenvalue weighted by Crippen LogP contribution is 2.11. The van der Waals surface area contributed by atoms with Crippen LogP contribution in [-0.2, 0) is 0 Å². The lowest BCUT2D eigenvalue weighted by atomic mass is 10.3. The van der Waals surface area contributed by atoms with E-state index >= 15 is 0 Å². The highest BCUT2D eigenvalue weighted by atomic mass is 15.2. The second kappa shape index (κ2) is 6.06. The molecule has 4 heteroatoms. The summed E-state index contributed by atoms with van der Waals surface area (Å²) in [6.45, 7) is 8.01. The minimum absolute atomic E-state index is 0.444. The van der Waals surface area contributed by atoms with Crippen molar-refractivity contribution in [2.45, 2.75) is 33.6 Å². The molecule has 0 saturated heterocycles. The predicted octanol–water partition coefficient (Wildman–Crippen LogP) is 2.28. The summed E-state index contributed by atoms with van der Waals surface area (Å²) in [5, 5.41) is 8.87. The van der Waals surface area contributed by atoms with E-state index in [0.717, 1.165) is 31.6 Å². The van der Waals surface area contributed by atoms with Gasteiger partial charge in [0.15, 0.2) is 0 Å².